The summed E-state index contributed by atoms with van der Waals surface area (Å²) >= 11 is 0. The van der Waals surface area contributed by atoms with Crippen LogP contribution in [-0.2, 0) is 28.7 Å². The lowest BCUT2D eigenvalue weighted by atomic mass is 10.0. The van der Waals surface area contributed by atoms with E-state index in [2.05, 4.69) is 25.4 Å². The first-order valence-corrected chi connectivity index (χ1v) is 12.6. The molecule has 0 unspecified atom stereocenters. The van der Waals surface area contributed by atoms with Gasteiger partial charge in [0.25, 0.3) is 0 Å². The van der Waals surface area contributed by atoms with E-state index in [4.69, 9.17) is 4.74 Å². The molecule has 0 amide bonds. The molecule has 1 aliphatic heterocycles. The van der Waals surface area contributed by atoms with Crippen LogP contribution in [-0.4, -0.2) is 81.9 Å². The molecule has 3 aromatic heterocycles. The Hall–Kier alpha value is -3.32. The second kappa shape index (κ2) is 10.5. The van der Waals surface area contributed by atoms with E-state index in [9.17, 15) is 8.42 Å². The van der Waals surface area contributed by atoms with Crippen molar-refractivity contribution in [3.05, 3.63) is 60.4 Å². The molecule has 0 aliphatic carbocycles. The smallest absolute Gasteiger partial charge is 0.246 e. The summed E-state index contributed by atoms with van der Waals surface area (Å²) in [6.45, 7) is 5.47. The number of benzene rings is 1. The van der Waals surface area contributed by atoms with Crippen molar-refractivity contribution in [2.24, 2.45) is 0 Å². The van der Waals surface area contributed by atoms with Crippen molar-refractivity contribution in [2.45, 2.75) is 13.1 Å². The molecule has 1 N–H and O–H groups in total. The summed E-state index contributed by atoms with van der Waals surface area (Å²) in [6.07, 6.45) is 3.69. The van der Waals surface area contributed by atoms with E-state index in [-0.39, 0.29) is 6.54 Å². The molecule has 1 saturated heterocycles. The van der Waals surface area contributed by atoms with Crippen LogP contribution < -0.4 is 5.32 Å². The maximum atomic E-state index is 11.4. The molecule has 12 heteroatoms. The van der Waals surface area contributed by atoms with E-state index in [0.29, 0.717) is 11.8 Å². The summed E-state index contributed by atoms with van der Waals surface area (Å²) in [6, 6.07) is 13.5. The lowest BCUT2D eigenvalue weighted by Crippen LogP contribution is -2.38. The van der Waals surface area contributed by atoms with Crippen LogP contribution in [0.15, 0.2) is 54.9 Å². The summed E-state index contributed by atoms with van der Waals surface area (Å²) in [4.78, 5) is 6.80. The molecule has 4 heterocycles. The standard InChI is InChI=1S/C23H28N8O3S/c1-28(35(32)33)17-18-4-2-3-5-20(18)21-7-6-19-16-24-23(27-31(19)21)25-22-8-9-30(26-22)11-10-29-12-14-34-15-13-29/h2-9,16,35H,10-15,17H2,1H3,(H,25,26,27). The molecule has 1 aliphatic rings. The van der Waals surface area contributed by atoms with Gasteiger partial charge in [-0.2, -0.15) is 5.10 Å². The van der Waals surface area contributed by atoms with Crippen LogP contribution >= 0.6 is 0 Å². The fraction of sp³-hybridized carbons (Fsp3) is 0.348. The van der Waals surface area contributed by atoms with Crippen LogP contribution in [0.5, 0.6) is 0 Å². The summed E-state index contributed by atoms with van der Waals surface area (Å²) in [5.74, 6) is 1.09. The van der Waals surface area contributed by atoms with Crippen molar-refractivity contribution in [3.8, 4) is 11.3 Å². The fourth-order valence-electron chi connectivity index (χ4n) is 4.11. The maximum absolute atomic E-state index is 11.4. The monoisotopic (exact) mass is 496 g/mol. The Bertz CT molecular complexity index is 1370. The molecular formula is C23H28N8O3S. The third-order valence-corrected chi connectivity index (χ3v) is 6.70. The molecule has 0 atom stereocenters. The van der Waals surface area contributed by atoms with Gasteiger partial charge in [0.1, 0.15) is 0 Å². The SMILES string of the molecule is CN(Cc1ccccc1-c1ccc2cnc(Nc3ccn(CCN4CCOCC4)n3)nn12)[SH](=O)=O. The number of aromatic nitrogens is 5. The van der Waals surface area contributed by atoms with Crippen LogP contribution in [0, 0.1) is 0 Å². The molecule has 184 valence electrons. The summed E-state index contributed by atoms with van der Waals surface area (Å²) < 4.78 is 33.1. The lowest BCUT2D eigenvalue weighted by Gasteiger charge is -2.26. The second-order valence-electron chi connectivity index (χ2n) is 8.39. The Morgan fingerprint density at radius 3 is 2.71 bits per heavy atom. The highest BCUT2D eigenvalue weighted by Crippen LogP contribution is 2.27. The van der Waals surface area contributed by atoms with Gasteiger partial charge in [-0.1, -0.05) is 24.3 Å². The van der Waals surface area contributed by atoms with Crippen LogP contribution in [0.1, 0.15) is 5.56 Å². The van der Waals surface area contributed by atoms with E-state index in [0.717, 1.165) is 61.7 Å². The number of nitrogens with zero attached hydrogens (tertiary/aromatic N) is 7. The Morgan fingerprint density at radius 1 is 1.06 bits per heavy atom. The summed E-state index contributed by atoms with van der Waals surface area (Å²) in [5, 5.41) is 12.5. The van der Waals surface area contributed by atoms with Gasteiger partial charge in [-0.25, -0.2) is 22.2 Å². The normalized spacial score (nSPS) is 14.8. The van der Waals surface area contributed by atoms with Crippen molar-refractivity contribution in [2.75, 3.05) is 45.2 Å². The topological polar surface area (TPSA) is 110 Å². The average Bonchev–Trinajstić information content (AvgIpc) is 3.50. The van der Waals surface area contributed by atoms with Crippen LogP contribution in [0.25, 0.3) is 16.8 Å². The lowest BCUT2D eigenvalue weighted by molar-refractivity contribution is 0.0360. The van der Waals surface area contributed by atoms with Crippen molar-refractivity contribution in [1.29, 1.82) is 0 Å². The molecular weight excluding hydrogens is 468 g/mol. The summed E-state index contributed by atoms with van der Waals surface area (Å²) in [7, 11) is -1.10. The third kappa shape index (κ3) is 5.51. The Balaban J connectivity index is 1.34. The number of ether oxygens (including phenoxy) is 1. The maximum Gasteiger partial charge on any atom is 0.246 e. The number of rotatable bonds is 9. The molecule has 0 saturated carbocycles. The predicted octanol–water partition coefficient (Wildman–Crippen LogP) is 1.63. The molecule has 1 fully saturated rings. The van der Waals surface area contributed by atoms with Crippen molar-refractivity contribution in [1.82, 2.24) is 33.6 Å². The molecule has 5 rings (SSSR count). The van der Waals surface area contributed by atoms with Crippen LogP contribution in [0.4, 0.5) is 11.8 Å². The third-order valence-electron chi connectivity index (χ3n) is 6.00. The van der Waals surface area contributed by atoms with Crippen molar-refractivity contribution >= 4 is 28.2 Å². The quantitative estimate of drug-likeness (QED) is 0.337. The predicted molar refractivity (Wildman–Crippen MR) is 133 cm³/mol. The fourth-order valence-corrected chi connectivity index (χ4v) is 4.38. The second-order valence-corrected chi connectivity index (χ2v) is 9.55. The minimum absolute atomic E-state index is 0.278. The highest BCUT2D eigenvalue weighted by Gasteiger charge is 2.14. The van der Waals surface area contributed by atoms with E-state index < -0.39 is 10.9 Å². The number of thiol groups is 1. The molecule has 1 aromatic carbocycles. The zero-order chi connectivity index (χ0) is 24.2. The number of nitrogens with one attached hydrogen (secondary N) is 1. The van der Waals surface area contributed by atoms with Crippen molar-refractivity contribution in [3.63, 3.8) is 0 Å². The minimum atomic E-state index is -2.65. The number of anilines is 2. The van der Waals surface area contributed by atoms with Gasteiger partial charge in [0, 0.05) is 51.1 Å². The van der Waals surface area contributed by atoms with E-state index in [1.807, 2.05) is 53.3 Å². The molecule has 0 spiro atoms. The molecule has 35 heavy (non-hydrogen) atoms. The number of hydrogen-bond acceptors (Lipinski definition) is 8. The van der Waals surface area contributed by atoms with Gasteiger partial charge in [-0.3, -0.25) is 9.58 Å². The van der Waals surface area contributed by atoms with Gasteiger partial charge in [0.2, 0.25) is 16.8 Å². The highest BCUT2D eigenvalue weighted by atomic mass is 32.2. The Labute approximate surface area is 205 Å². The van der Waals surface area contributed by atoms with Crippen LogP contribution in [0.2, 0.25) is 0 Å². The first kappa shape index (κ1) is 23.4. The number of fused-ring (bicyclic) bond motifs is 1. The molecule has 0 bridgehead atoms. The summed E-state index contributed by atoms with van der Waals surface area (Å²) in [5.41, 5.74) is 3.49. The van der Waals surface area contributed by atoms with Gasteiger partial charge in [-0.05, 0) is 17.7 Å². The zero-order valence-corrected chi connectivity index (χ0v) is 20.3. The number of hydrogen-bond donors (Lipinski definition) is 2. The first-order valence-electron chi connectivity index (χ1n) is 11.5. The van der Waals surface area contributed by atoms with Gasteiger partial charge in [0.05, 0.1) is 37.2 Å². The van der Waals surface area contributed by atoms with Gasteiger partial charge >= 0.3 is 0 Å². The molecule has 11 nitrogen and oxygen atoms in total. The van der Waals surface area contributed by atoms with Gasteiger partial charge in [0.15, 0.2) is 5.82 Å². The highest BCUT2D eigenvalue weighted by molar-refractivity contribution is 7.69. The Morgan fingerprint density at radius 2 is 1.89 bits per heavy atom. The van der Waals surface area contributed by atoms with E-state index >= 15 is 0 Å². The molecule has 4 aromatic rings. The number of morpholine rings is 1. The largest absolute Gasteiger partial charge is 0.379 e. The van der Waals surface area contributed by atoms with Gasteiger partial charge in [-0.15, -0.1) is 5.10 Å². The van der Waals surface area contributed by atoms with E-state index in [1.165, 1.54) is 4.31 Å². The van der Waals surface area contributed by atoms with Crippen LogP contribution in [0.3, 0.4) is 0 Å². The van der Waals surface area contributed by atoms with E-state index in [1.54, 1.807) is 17.8 Å². The first-order chi connectivity index (χ1) is 17.1. The molecule has 0 radical (unpaired) electrons. The average molecular weight is 497 g/mol. The zero-order valence-electron chi connectivity index (χ0n) is 19.4. The minimum Gasteiger partial charge on any atom is -0.379 e. The Kier molecular flexibility index (Phi) is 7.04. The van der Waals surface area contributed by atoms with Gasteiger partial charge < -0.3 is 10.1 Å². The van der Waals surface area contributed by atoms with Crippen molar-refractivity contribution < 1.29 is 13.2 Å².